The van der Waals surface area contributed by atoms with Gasteiger partial charge in [-0.05, 0) is 32.9 Å². The van der Waals surface area contributed by atoms with Crippen molar-refractivity contribution in [2.24, 2.45) is 0 Å². The van der Waals surface area contributed by atoms with Crippen LogP contribution in [0.2, 0.25) is 0 Å². The van der Waals surface area contributed by atoms with E-state index in [0.29, 0.717) is 18.7 Å². The summed E-state index contributed by atoms with van der Waals surface area (Å²) in [5, 5.41) is 11.6. The summed E-state index contributed by atoms with van der Waals surface area (Å²) in [5.41, 5.74) is 5.84. The maximum Gasteiger partial charge on any atom is 0.407 e. The van der Waals surface area contributed by atoms with Gasteiger partial charge in [-0.25, -0.2) is 9.59 Å². The van der Waals surface area contributed by atoms with Crippen molar-refractivity contribution >= 4 is 17.7 Å². The molecule has 6 heteroatoms. The van der Waals surface area contributed by atoms with Crippen LogP contribution in [0, 0.1) is 11.8 Å². The Labute approximate surface area is 129 Å². The van der Waals surface area contributed by atoms with E-state index in [4.69, 9.17) is 15.6 Å². The Morgan fingerprint density at radius 2 is 2.05 bits per heavy atom. The lowest BCUT2D eigenvalue weighted by atomic mass is 10.1. The first kappa shape index (κ1) is 17.4. The summed E-state index contributed by atoms with van der Waals surface area (Å²) < 4.78 is 5.08. The van der Waals surface area contributed by atoms with Gasteiger partial charge in [0, 0.05) is 18.7 Å². The highest BCUT2D eigenvalue weighted by Gasteiger charge is 2.15. The second-order valence-electron chi connectivity index (χ2n) is 5.56. The Balaban J connectivity index is 2.59. The zero-order valence-electron chi connectivity index (χ0n) is 12.9. The van der Waals surface area contributed by atoms with E-state index in [-0.39, 0.29) is 11.1 Å². The number of amides is 1. The molecule has 0 atom stereocenters. The number of carboxylic acid groups (broad SMARTS) is 1. The normalized spacial score (nSPS) is 10.3. The molecule has 0 saturated carbocycles. The molecule has 0 aliphatic rings. The van der Waals surface area contributed by atoms with Crippen molar-refractivity contribution in [1.82, 2.24) is 5.32 Å². The molecule has 1 aromatic rings. The van der Waals surface area contributed by atoms with Crippen LogP contribution in [-0.4, -0.2) is 29.3 Å². The van der Waals surface area contributed by atoms with Crippen LogP contribution in [0.3, 0.4) is 0 Å². The third-order valence-corrected chi connectivity index (χ3v) is 2.46. The molecule has 0 aliphatic carbocycles. The molecule has 0 saturated heterocycles. The first-order chi connectivity index (χ1) is 10.2. The number of nitrogens with two attached hydrogens (primary N) is 1. The lowest BCUT2D eigenvalue weighted by Crippen LogP contribution is -2.32. The third-order valence-electron chi connectivity index (χ3n) is 2.46. The second kappa shape index (κ2) is 7.36. The van der Waals surface area contributed by atoms with Crippen LogP contribution in [0.1, 0.15) is 43.1 Å². The van der Waals surface area contributed by atoms with Gasteiger partial charge in [-0.3, -0.25) is 0 Å². The Kier molecular flexibility index (Phi) is 5.81. The Bertz CT molecular complexity index is 621. The number of ether oxygens (including phenoxy) is 1. The molecule has 6 nitrogen and oxygen atoms in total. The minimum Gasteiger partial charge on any atom is -0.478 e. The molecule has 0 unspecified atom stereocenters. The molecule has 22 heavy (non-hydrogen) atoms. The van der Waals surface area contributed by atoms with Crippen molar-refractivity contribution in [1.29, 1.82) is 0 Å². The van der Waals surface area contributed by atoms with Crippen LogP contribution in [0.4, 0.5) is 10.5 Å². The summed E-state index contributed by atoms with van der Waals surface area (Å²) in [7, 11) is 0. The summed E-state index contributed by atoms with van der Waals surface area (Å²) in [6, 6.07) is 4.60. The minimum atomic E-state index is -1.08. The number of anilines is 1. The molecule has 0 heterocycles. The van der Waals surface area contributed by atoms with Crippen molar-refractivity contribution < 1.29 is 19.4 Å². The van der Waals surface area contributed by atoms with E-state index in [1.54, 1.807) is 32.9 Å². The van der Waals surface area contributed by atoms with Crippen LogP contribution >= 0.6 is 0 Å². The smallest absolute Gasteiger partial charge is 0.407 e. The number of hydrogen-bond donors (Lipinski definition) is 3. The van der Waals surface area contributed by atoms with Crippen LogP contribution in [0.25, 0.3) is 0 Å². The van der Waals surface area contributed by atoms with E-state index in [0.717, 1.165) is 0 Å². The van der Waals surface area contributed by atoms with Gasteiger partial charge in [0.05, 0.1) is 11.1 Å². The number of benzene rings is 1. The molecule has 1 rings (SSSR count). The van der Waals surface area contributed by atoms with E-state index in [1.165, 1.54) is 6.07 Å². The number of carbonyl (C=O) groups is 2. The van der Waals surface area contributed by atoms with Crippen molar-refractivity contribution in [3.63, 3.8) is 0 Å². The molecule has 0 aromatic heterocycles. The van der Waals surface area contributed by atoms with Gasteiger partial charge in [0.2, 0.25) is 0 Å². The highest BCUT2D eigenvalue weighted by atomic mass is 16.6. The first-order valence-electron chi connectivity index (χ1n) is 6.78. The summed E-state index contributed by atoms with van der Waals surface area (Å²) in [5.74, 6) is 4.45. The molecule has 0 fully saturated rings. The van der Waals surface area contributed by atoms with Crippen LogP contribution < -0.4 is 11.1 Å². The number of nitrogen functional groups attached to an aromatic ring is 1. The molecule has 118 valence electrons. The summed E-state index contributed by atoms with van der Waals surface area (Å²) >= 11 is 0. The van der Waals surface area contributed by atoms with Gasteiger partial charge in [0.1, 0.15) is 5.60 Å². The van der Waals surface area contributed by atoms with Gasteiger partial charge in [-0.15, -0.1) is 0 Å². The molecule has 1 amide bonds. The second-order valence-corrected chi connectivity index (χ2v) is 5.56. The Morgan fingerprint density at radius 1 is 1.36 bits per heavy atom. The zero-order chi connectivity index (χ0) is 16.8. The summed E-state index contributed by atoms with van der Waals surface area (Å²) in [6.07, 6.45) is -0.160. The molecule has 0 radical (unpaired) electrons. The lowest BCUT2D eigenvalue weighted by Gasteiger charge is -2.19. The fourth-order valence-corrected chi connectivity index (χ4v) is 1.58. The van der Waals surface area contributed by atoms with Crippen molar-refractivity contribution in [3.05, 3.63) is 29.3 Å². The Morgan fingerprint density at radius 3 is 2.64 bits per heavy atom. The first-order valence-corrected chi connectivity index (χ1v) is 6.78. The fourth-order valence-electron chi connectivity index (χ4n) is 1.58. The molecule has 0 spiro atoms. The minimum absolute atomic E-state index is 0.0626. The topological polar surface area (TPSA) is 102 Å². The number of aromatic carboxylic acids is 1. The molecular weight excluding hydrogens is 284 g/mol. The van der Waals surface area contributed by atoms with Gasteiger partial charge in [0.25, 0.3) is 0 Å². The summed E-state index contributed by atoms with van der Waals surface area (Å²) in [4.78, 5) is 22.5. The van der Waals surface area contributed by atoms with E-state index in [9.17, 15) is 9.59 Å². The largest absolute Gasteiger partial charge is 0.478 e. The predicted molar refractivity (Wildman–Crippen MR) is 83.5 cm³/mol. The third kappa shape index (κ3) is 5.75. The van der Waals surface area contributed by atoms with E-state index >= 15 is 0 Å². The Hall–Kier alpha value is -2.68. The predicted octanol–water partition coefficient (Wildman–Crippen LogP) is 2.23. The van der Waals surface area contributed by atoms with Gasteiger partial charge in [0.15, 0.2) is 0 Å². The molecule has 0 bridgehead atoms. The van der Waals surface area contributed by atoms with E-state index in [2.05, 4.69) is 17.2 Å². The maximum atomic E-state index is 11.4. The van der Waals surface area contributed by atoms with Gasteiger partial charge < -0.3 is 20.9 Å². The van der Waals surface area contributed by atoms with Gasteiger partial charge in [-0.1, -0.05) is 17.9 Å². The number of carboxylic acids is 1. The van der Waals surface area contributed by atoms with Gasteiger partial charge in [-0.2, -0.15) is 0 Å². The number of rotatable bonds is 3. The standard InChI is InChI=1S/C16H20N2O4/c1-16(2,3)22-15(21)18-10-5-4-7-11-12(14(19)20)8-6-9-13(11)17/h6,8-9H,5,10,17H2,1-3H3,(H,18,21)(H,19,20). The van der Waals surface area contributed by atoms with Crippen molar-refractivity contribution in [3.8, 4) is 11.8 Å². The number of hydrogen-bond acceptors (Lipinski definition) is 4. The van der Waals surface area contributed by atoms with E-state index < -0.39 is 17.7 Å². The average Bonchev–Trinajstić information content (AvgIpc) is 2.37. The van der Waals surface area contributed by atoms with Gasteiger partial charge >= 0.3 is 12.1 Å². The maximum absolute atomic E-state index is 11.4. The van der Waals surface area contributed by atoms with Crippen molar-refractivity contribution in [2.75, 3.05) is 12.3 Å². The molecular formula is C16H20N2O4. The van der Waals surface area contributed by atoms with Crippen molar-refractivity contribution in [2.45, 2.75) is 32.8 Å². The number of nitrogens with one attached hydrogen (secondary N) is 1. The molecule has 1 aromatic carbocycles. The molecule has 0 aliphatic heterocycles. The van der Waals surface area contributed by atoms with E-state index in [1.807, 2.05) is 0 Å². The SMILES string of the molecule is CC(C)(C)OC(=O)NCCC#Cc1c(N)cccc1C(=O)O. The zero-order valence-corrected chi connectivity index (χ0v) is 12.9. The molecule has 4 N–H and O–H groups in total. The fraction of sp³-hybridized carbons (Fsp3) is 0.375. The highest BCUT2D eigenvalue weighted by Crippen LogP contribution is 2.15. The lowest BCUT2D eigenvalue weighted by molar-refractivity contribution is 0.0528. The highest BCUT2D eigenvalue weighted by molar-refractivity contribution is 5.92. The summed E-state index contributed by atoms with van der Waals surface area (Å²) in [6.45, 7) is 5.63. The quantitative estimate of drug-likeness (QED) is 0.451. The van der Waals surface area contributed by atoms with Crippen LogP contribution in [0.5, 0.6) is 0 Å². The number of alkyl carbamates (subject to hydrolysis) is 1. The van der Waals surface area contributed by atoms with Crippen LogP contribution in [0.15, 0.2) is 18.2 Å². The average molecular weight is 304 g/mol. The monoisotopic (exact) mass is 304 g/mol. The van der Waals surface area contributed by atoms with Crippen LogP contribution in [-0.2, 0) is 4.74 Å². The number of carbonyl (C=O) groups excluding carboxylic acids is 1.